The van der Waals surface area contributed by atoms with E-state index >= 15 is 0 Å². The van der Waals surface area contributed by atoms with Crippen molar-refractivity contribution in [1.82, 2.24) is 10.2 Å². The fourth-order valence-corrected chi connectivity index (χ4v) is 2.31. The molecule has 3 rings (SSSR count). The van der Waals surface area contributed by atoms with Gasteiger partial charge in [-0.2, -0.15) is 5.26 Å². The highest BCUT2D eigenvalue weighted by Gasteiger charge is 2.06. The molecule has 0 radical (unpaired) electrons. The van der Waals surface area contributed by atoms with E-state index in [0.29, 0.717) is 16.5 Å². The number of nitrogens with zero attached hydrogens (tertiary/aromatic N) is 3. The summed E-state index contributed by atoms with van der Waals surface area (Å²) in [4.78, 5) is 0. The maximum absolute atomic E-state index is 8.75. The molecule has 0 aliphatic carbocycles. The van der Waals surface area contributed by atoms with Gasteiger partial charge in [0.05, 0.1) is 10.6 Å². The van der Waals surface area contributed by atoms with Crippen LogP contribution in [0.15, 0.2) is 53.3 Å². The van der Waals surface area contributed by atoms with Crippen molar-refractivity contribution in [2.24, 2.45) is 0 Å². The van der Waals surface area contributed by atoms with Crippen LogP contribution in [-0.4, -0.2) is 16.7 Å². The first-order valence-corrected chi connectivity index (χ1v) is 9.29. The number of hydrogen-bond donors (Lipinski definition) is 1. The molecule has 0 unspecified atom stereocenters. The average Bonchev–Trinajstić information content (AvgIpc) is 3.27. The molecule has 0 aliphatic rings. The summed E-state index contributed by atoms with van der Waals surface area (Å²) < 4.78 is 5.00. The van der Waals surface area contributed by atoms with E-state index in [1.165, 1.54) is 6.39 Å². The molecule has 2 aromatic carbocycles. The molecule has 27 heavy (non-hydrogen) atoms. The number of anilines is 1. The van der Waals surface area contributed by atoms with Gasteiger partial charge in [0.1, 0.15) is 6.07 Å². The third-order valence-electron chi connectivity index (χ3n) is 3.45. The Kier molecular flexibility index (Phi) is 10.3. The third kappa shape index (κ3) is 6.76. The zero-order chi connectivity index (χ0) is 20.1. The normalized spacial score (nSPS) is 9.19. The van der Waals surface area contributed by atoms with Crippen molar-refractivity contribution in [2.75, 3.05) is 11.9 Å². The smallest absolute Gasteiger partial charge is 0.247 e. The lowest BCUT2D eigenvalue weighted by Gasteiger charge is -2.10. The molecule has 1 aromatic heterocycles. The summed E-state index contributed by atoms with van der Waals surface area (Å²) in [5.41, 5.74) is 3.44. The summed E-state index contributed by atoms with van der Waals surface area (Å²) in [7, 11) is 0. The third-order valence-corrected chi connectivity index (χ3v) is 3.94. The second kappa shape index (κ2) is 12.5. The van der Waals surface area contributed by atoms with Gasteiger partial charge >= 0.3 is 0 Å². The van der Waals surface area contributed by atoms with E-state index in [1.807, 2.05) is 57.2 Å². The number of nitriles is 1. The summed E-state index contributed by atoms with van der Waals surface area (Å²) in [6.45, 7) is 8.94. The van der Waals surface area contributed by atoms with Crippen LogP contribution in [0.2, 0.25) is 5.02 Å². The van der Waals surface area contributed by atoms with Gasteiger partial charge in [0.25, 0.3) is 0 Å². The molecular formula is C21H25ClN4O. The highest BCUT2D eigenvalue weighted by Crippen LogP contribution is 2.26. The van der Waals surface area contributed by atoms with Crippen LogP contribution in [0, 0.1) is 18.3 Å². The molecule has 6 heteroatoms. The van der Waals surface area contributed by atoms with E-state index in [4.69, 9.17) is 21.3 Å². The van der Waals surface area contributed by atoms with Gasteiger partial charge in [0, 0.05) is 17.8 Å². The summed E-state index contributed by atoms with van der Waals surface area (Å²) in [5.74, 6) is 0.561. The van der Waals surface area contributed by atoms with Gasteiger partial charge in [-0.1, -0.05) is 50.6 Å². The first-order valence-electron chi connectivity index (χ1n) is 8.92. The number of hydrogen-bond acceptors (Lipinski definition) is 5. The average molecular weight is 385 g/mol. The van der Waals surface area contributed by atoms with Crippen molar-refractivity contribution >= 4 is 17.3 Å². The molecule has 1 N–H and O–H groups in total. The molecule has 0 fully saturated rings. The predicted octanol–water partition coefficient (Wildman–Crippen LogP) is 6.10. The van der Waals surface area contributed by atoms with Crippen molar-refractivity contribution in [1.29, 1.82) is 5.26 Å². The van der Waals surface area contributed by atoms with Gasteiger partial charge in [-0.25, -0.2) is 0 Å². The van der Waals surface area contributed by atoms with Crippen LogP contribution in [0.3, 0.4) is 0 Å². The van der Waals surface area contributed by atoms with Crippen molar-refractivity contribution in [2.45, 2.75) is 34.1 Å². The van der Waals surface area contributed by atoms with E-state index in [2.05, 4.69) is 28.5 Å². The lowest BCUT2D eigenvalue weighted by Crippen LogP contribution is -2.02. The van der Waals surface area contributed by atoms with Gasteiger partial charge in [0.15, 0.2) is 0 Å². The fourth-order valence-electron chi connectivity index (χ4n) is 2.10. The van der Waals surface area contributed by atoms with Gasteiger partial charge < -0.3 is 9.73 Å². The molecule has 0 atom stereocenters. The second-order valence-electron chi connectivity index (χ2n) is 5.25. The van der Waals surface area contributed by atoms with Crippen LogP contribution < -0.4 is 5.32 Å². The zero-order valence-corrected chi connectivity index (χ0v) is 16.9. The molecule has 0 spiro atoms. The Hall–Kier alpha value is -2.84. The van der Waals surface area contributed by atoms with Crippen LogP contribution in [0.1, 0.15) is 38.3 Å². The van der Waals surface area contributed by atoms with Crippen LogP contribution in [0.4, 0.5) is 5.69 Å². The predicted molar refractivity (Wildman–Crippen MR) is 111 cm³/mol. The van der Waals surface area contributed by atoms with Gasteiger partial charge in [0.2, 0.25) is 12.3 Å². The standard InChI is InChI=1S/C11H13ClN2.C8H6N2O.C2H6/c1-3-6-14-10-5-4-9(7-13)11(12)8(10)2;1-2-4-7(5-3-1)8-10-9-6-11-8;1-2/h4-5,14H,3,6H2,1-2H3;1-6H;1-2H3. The molecule has 0 saturated carbocycles. The van der Waals surface area contributed by atoms with Crippen molar-refractivity contribution in [3.05, 3.63) is 65.0 Å². The van der Waals surface area contributed by atoms with E-state index in [9.17, 15) is 0 Å². The molecule has 0 bridgehead atoms. The maximum Gasteiger partial charge on any atom is 0.247 e. The summed E-state index contributed by atoms with van der Waals surface area (Å²) >= 11 is 6.01. The highest BCUT2D eigenvalue weighted by molar-refractivity contribution is 6.32. The number of benzene rings is 2. The zero-order valence-electron chi connectivity index (χ0n) is 16.2. The SMILES string of the molecule is CC.CCCNc1ccc(C#N)c(Cl)c1C.c1ccc(-c2nnco2)cc1. The van der Waals surface area contributed by atoms with E-state index < -0.39 is 0 Å². The molecule has 3 aromatic rings. The van der Waals surface area contributed by atoms with E-state index in [-0.39, 0.29) is 0 Å². The van der Waals surface area contributed by atoms with Crippen LogP contribution >= 0.6 is 11.6 Å². The van der Waals surface area contributed by atoms with E-state index in [0.717, 1.165) is 29.8 Å². The van der Waals surface area contributed by atoms with Gasteiger partial charge in [-0.05, 0) is 43.2 Å². The Morgan fingerprint density at radius 3 is 2.41 bits per heavy atom. The first-order chi connectivity index (χ1) is 13.2. The maximum atomic E-state index is 8.75. The largest absolute Gasteiger partial charge is 0.423 e. The van der Waals surface area contributed by atoms with Gasteiger partial charge in [-0.15, -0.1) is 10.2 Å². The number of aromatic nitrogens is 2. The quantitative estimate of drug-likeness (QED) is 0.587. The first kappa shape index (κ1) is 22.2. The minimum Gasteiger partial charge on any atom is -0.423 e. The molecule has 5 nitrogen and oxygen atoms in total. The molecule has 1 heterocycles. The topological polar surface area (TPSA) is 74.7 Å². The number of nitrogens with one attached hydrogen (secondary N) is 1. The Morgan fingerprint density at radius 2 is 1.85 bits per heavy atom. The summed E-state index contributed by atoms with van der Waals surface area (Å²) in [6.07, 6.45) is 2.39. The Bertz CT molecular complexity index is 827. The molecule has 0 amide bonds. The second-order valence-corrected chi connectivity index (χ2v) is 5.63. The molecule has 0 aliphatic heterocycles. The van der Waals surface area contributed by atoms with Crippen molar-refractivity contribution in [3.8, 4) is 17.5 Å². The van der Waals surface area contributed by atoms with Crippen molar-refractivity contribution in [3.63, 3.8) is 0 Å². The Labute approximate surface area is 166 Å². The number of rotatable bonds is 4. The Balaban J connectivity index is 0.000000252. The summed E-state index contributed by atoms with van der Waals surface area (Å²) in [5, 5.41) is 19.9. The highest BCUT2D eigenvalue weighted by atomic mass is 35.5. The molecule has 0 saturated heterocycles. The van der Waals surface area contributed by atoms with Crippen LogP contribution in [0.5, 0.6) is 0 Å². The monoisotopic (exact) mass is 384 g/mol. The molecular weight excluding hydrogens is 360 g/mol. The van der Waals surface area contributed by atoms with Crippen LogP contribution in [-0.2, 0) is 0 Å². The summed E-state index contributed by atoms with van der Waals surface area (Å²) in [6, 6.07) is 15.4. The minimum atomic E-state index is 0.534. The van der Waals surface area contributed by atoms with Gasteiger partial charge in [-0.3, -0.25) is 0 Å². The molecule has 142 valence electrons. The van der Waals surface area contributed by atoms with Crippen molar-refractivity contribution < 1.29 is 4.42 Å². The number of halogens is 1. The van der Waals surface area contributed by atoms with Crippen LogP contribution in [0.25, 0.3) is 11.5 Å². The fraction of sp³-hybridized carbons (Fsp3) is 0.286. The lowest BCUT2D eigenvalue weighted by molar-refractivity contribution is 0.568. The minimum absolute atomic E-state index is 0.534. The Morgan fingerprint density at radius 1 is 1.15 bits per heavy atom. The lowest BCUT2D eigenvalue weighted by atomic mass is 10.1. The van der Waals surface area contributed by atoms with E-state index in [1.54, 1.807) is 6.07 Å².